The van der Waals surface area contributed by atoms with Gasteiger partial charge in [-0.25, -0.2) is 0 Å². The summed E-state index contributed by atoms with van der Waals surface area (Å²) in [4.78, 5) is 3.74. The molecule has 1 aromatic rings. The molecule has 2 bridgehead atoms. The fourth-order valence-corrected chi connectivity index (χ4v) is 4.06. The molecule has 2 N–H and O–H groups in total. The van der Waals surface area contributed by atoms with Crippen molar-refractivity contribution in [3.63, 3.8) is 0 Å². The zero-order valence-corrected chi connectivity index (χ0v) is 11.2. The van der Waals surface area contributed by atoms with Gasteiger partial charge in [-0.2, -0.15) is 0 Å². The molecule has 0 aromatic carbocycles. The normalized spacial score (nSPS) is 30.7. The maximum atomic E-state index is 6.00. The van der Waals surface area contributed by atoms with E-state index in [4.69, 9.17) is 22.1 Å². The molecule has 1 aromatic heterocycles. The van der Waals surface area contributed by atoms with Gasteiger partial charge in [-0.1, -0.05) is 11.6 Å². The van der Waals surface area contributed by atoms with Crippen LogP contribution in [-0.4, -0.2) is 36.7 Å². The van der Waals surface area contributed by atoms with Gasteiger partial charge in [-0.15, -0.1) is 11.3 Å². The first kappa shape index (κ1) is 11.9. The van der Waals surface area contributed by atoms with Crippen molar-refractivity contribution in [1.82, 2.24) is 4.90 Å². The van der Waals surface area contributed by atoms with Crippen molar-refractivity contribution in [2.75, 3.05) is 19.6 Å². The number of ether oxygens (including phenoxy) is 1. The van der Waals surface area contributed by atoms with Crippen LogP contribution in [0.15, 0.2) is 12.1 Å². The highest BCUT2D eigenvalue weighted by Crippen LogP contribution is 2.34. The van der Waals surface area contributed by atoms with Crippen molar-refractivity contribution in [3.8, 4) is 0 Å². The molecule has 0 aliphatic carbocycles. The number of rotatable bonds is 3. The molecule has 3 unspecified atom stereocenters. The second kappa shape index (κ2) is 4.86. The Balaban J connectivity index is 1.77. The van der Waals surface area contributed by atoms with Crippen LogP contribution in [0.4, 0.5) is 0 Å². The standard InChI is InChI=1S/C12H17ClN2OS/c13-12-4-3-11(17-12)10(5-14)15-6-8-1-2-9(7-15)16-8/h3-4,8-10H,1-2,5-7,14H2. The SMILES string of the molecule is NCC(c1ccc(Cl)s1)N1CC2CCC(C1)O2. The predicted octanol–water partition coefficient (Wildman–Crippen LogP) is 2.26. The first-order valence-electron chi connectivity index (χ1n) is 6.11. The zero-order valence-electron chi connectivity index (χ0n) is 9.64. The molecule has 3 nitrogen and oxygen atoms in total. The Morgan fingerprint density at radius 2 is 2.12 bits per heavy atom. The van der Waals surface area contributed by atoms with Gasteiger partial charge in [0.05, 0.1) is 22.6 Å². The van der Waals surface area contributed by atoms with Crippen molar-refractivity contribution in [1.29, 1.82) is 0 Å². The fraction of sp³-hybridized carbons (Fsp3) is 0.667. The van der Waals surface area contributed by atoms with E-state index >= 15 is 0 Å². The van der Waals surface area contributed by atoms with Gasteiger partial charge in [0.15, 0.2) is 0 Å². The monoisotopic (exact) mass is 272 g/mol. The summed E-state index contributed by atoms with van der Waals surface area (Å²) in [6.07, 6.45) is 3.23. The zero-order chi connectivity index (χ0) is 11.8. The van der Waals surface area contributed by atoms with Crippen molar-refractivity contribution < 1.29 is 4.74 Å². The third-order valence-electron chi connectivity index (χ3n) is 3.66. The number of morpholine rings is 1. The Kier molecular flexibility index (Phi) is 3.41. The molecule has 17 heavy (non-hydrogen) atoms. The molecule has 0 amide bonds. The summed E-state index contributed by atoms with van der Waals surface area (Å²) < 4.78 is 6.70. The Morgan fingerprint density at radius 1 is 1.41 bits per heavy atom. The molecule has 3 rings (SSSR count). The van der Waals surface area contributed by atoms with Crippen molar-refractivity contribution in [3.05, 3.63) is 21.3 Å². The first-order chi connectivity index (χ1) is 8.26. The van der Waals surface area contributed by atoms with Crippen LogP contribution in [0.2, 0.25) is 4.34 Å². The average Bonchev–Trinajstić information content (AvgIpc) is 2.87. The van der Waals surface area contributed by atoms with E-state index < -0.39 is 0 Å². The number of nitrogens with zero attached hydrogens (tertiary/aromatic N) is 1. The molecule has 2 aliphatic rings. The molecule has 94 valence electrons. The lowest BCUT2D eigenvalue weighted by Crippen LogP contribution is -2.46. The molecule has 0 radical (unpaired) electrons. The van der Waals surface area contributed by atoms with Crippen LogP contribution in [0.25, 0.3) is 0 Å². The van der Waals surface area contributed by atoms with Crippen LogP contribution >= 0.6 is 22.9 Å². The van der Waals surface area contributed by atoms with Crippen molar-refractivity contribution in [2.45, 2.75) is 31.1 Å². The van der Waals surface area contributed by atoms with Gasteiger partial charge in [0.2, 0.25) is 0 Å². The minimum Gasteiger partial charge on any atom is -0.372 e. The van der Waals surface area contributed by atoms with Gasteiger partial charge in [0.1, 0.15) is 0 Å². The number of fused-ring (bicyclic) bond motifs is 2. The molecule has 2 fully saturated rings. The molecule has 0 spiro atoms. The van der Waals surface area contributed by atoms with Crippen LogP contribution in [-0.2, 0) is 4.74 Å². The maximum Gasteiger partial charge on any atom is 0.0931 e. The molecule has 0 saturated carbocycles. The minimum atomic E-state index is 0.305. The minimum absolute atomic E-state index is 0.305. The van der Waals surface area contributed by atoms with E-state index in [1.807, 2.05) is 6.07 Å². The van der Waals surface area contributed by atoms with Crippen LogP contribution in [0.3, 0.4) is 0 Å². The average molecular weight is 273 g/mol. The van der Waals surface area contributed by atoms with E-state index in [0.29, 0.717) is 24.8 Å². The van der Waals surface area contributed by atoms with E-state index in [1.165, 1.54) is 17.7 Å². The van der Waals surface area contributed by atoms with Gasteiger partial charge in [0, 0.05) is 24.5 Å². The molecule has 2 saturated heterocycles. The third kappa shape index (κ3) is 2.37. The van der Waals surface area contributed by atoms with Gasteiger partial charge in [0.25, 0.3) is 0 Å². The lowest BCUT2D eigenvalue weighted by molar-refractivity contribution is -0.0516. The summed E-state index contributed by atoms with van der Waals surface area (Å²) in [5, 5.41) is 0. The van der Waals surface area contributed by atoms with E-state index in [1.54, 1.807) is 11.3 Å². The maximum absolute atomic E-state index is 6.00. The molecule has 5 heteroatoms. The molecule has 2 aliphatic heterocycles. The van der Waals surface area contributed by atoms with Gasteiger partial charge in [-0.05, 0) is 25.0 Å². The summed E-state index contributed by atoms with van der Waals surface area (Å²) in [5.41, 5.74) is 5.94. The van der Waals surface area contributed by atoms with E-state index in [9.17, 15) is 0 Å². The smallest absolute Gasteiger partial charge is 0.0931 e. The predicted molar refractivity (Wildman–Crippen MR) is 70.6 cm³/mol. The first-order valence-corrected chi connectivity index (χ1v) is 7.30. The second-order valence-corrected chi connectivity index (χ2v) is 6.55. The fourth-order valence-electron chi connectivity index (χ4n) is 2.85. The van der Waals surface area contributed by atoms with Gasteiger partial charge >= 0.3 is 0 Å². The molecular weight excluding hydrogens is 256 g/mol. The second-order valence-electron chi connectivity index (χ2n) is 4.80. The number of likely N-dealkylation sites (tertiary alicyclic amines) is 1. The quantitative estimate of drug-likeness (QED) is 0.917. The number of hydrogen-bond acceptors (Lipinski definition) is 4. The van der Waals surface area contributed by atoms with Crippen LogP contribution in [0.1, 0.15) is 23.8 Å². The Morgan fingerprint density at radius 3 is 2.65 bits per heavy atom. The van der Waals surface area contributed by atoms with Crippen molar-refractivity contribution >= 4 is 22.9 Å². The number of hydrogen-bond donors (Lipinski definition) is 1. The van der Waals surface area contributed by atoms with Crippen LogP contribution in [0.5, 0.6) is 0 Å². The topological polar surface area (TPSA) is 38.5 Å². The lowest BCUT2D eigenvalue weighted by atomic mass is 10.1. The highest BCUT2D eigenvalue weighted by Gasteiger charge is 2.36. The summed E-state index contributed by atoms with van der Waals surface area (Å²) in [5.74, 6) is 0. The summed E-state index contributed by atoms with van der Waals surface area (Å²) in [6.45, 7) is 2.66. The van der Waals surface area contributed by atoms with Crippen molar-refractivity contribution in [2.24, 2.45) is 5.73 Å². The Hall–Kier alpha value is -0.130. The summed E-state index contributed by atoms with van der Waals surface area (Å²) in [7, 11) is 0. The van der Waals surface area contributed by atoms with E-state index in [2.05, 4.69) is 11.0 Å². The Labute approximate surface area is 110 Å². The highest BCUT2D eigenvalue weighted by atomic mass is 35.5. The third-order valence-corrected chi connectivity index (χ3v) is 4.99. The molecule has 3 atom stereocenters. The Bertz CT molecular complexity index is 386. The highest BCUT2D eigenvalue weighted by molar-refractivity contribution is 7.16. The number of thiophene rings is 1. The largest absolute Gasteiger partial charge is 0.372 e. The molecule has 3 heterocycles. The van der Waals surface area contributed by atoms with Gasteiger partial charge in [-0.3, -0.25) is 4.90 Å². The van der Waals surface area contributed by atoms with Crippen LogP contribution < -0.4 is 5.73 Å². The van der Waals surface area contributed by atoms with E-state index in [-0.39, 0.29) is 0 Å². The van der Waals surface area contributed by atoms with Gasteiger partial charge < -0.3 is 10.5 Å². The number of nitrogens with two attached hydrogens (primary N) is 1. The summed E-state index contributed by atoms with van der Waals surface area (Å²) >= 11 is 7.64. The molecular formula is C12H17ClN2OS. The number of halogens is 1. The lowest BCUT2D eigenvalue weighted by Gasteiger charge is -2.37. The summed E-state index contributed by atoms with van der Waals surface area (Å²) in [6, 6.07) is 4.36. The van der Waals surface area contributed by atoms with E-state index in [0.717, 1.165) is 17.4 Å². The van der Waals surface area contributed by atoms with Crippen LogP contribution in [0, 0.1) is 0 Å².